The van der Waals surface area contributed by atoms with E-state index in [1.807, 2.05) is 0 Å². The predicted molar refractivity (Wildman–Crippen MR) is 84.4 cm³/mol. The van der Waals surface area contributed by atoms with Crippen molar-refractivity contribution < 1.29 is 23.8 Å². The molecule has 2 fully saturated rings. The first-order chi connectivity index (χ1) is 10.4. The maximum Gasteiger partial charge on any atom is 0.346 e. The number of thioether (sulfide) groups is 1. The van der Waals surface area contributed by atoms with Gasteiger partial charge >= 0.3 is 11.9 Å². The van der Waals surface area contributed by atoms with Gasteiger partial charge in [-0.3, -0.25) is 4.79 Å². The van der Waals surface area contributed by atoms with Crippen LogP contribution in [0, 0.1) is 17.8 Å². The van der Waals surface area contributed by atoms with Crippen molar-refractivity contribution in [3.8, 4) is 0 Å². The number of methoxy groups -OCH3 is 1. The summed E-state index contributed by atoms with van der Waals surface area (Å²) >= 11 is 1.18. The van der Waals surface area contributed by atoms with Crippen molar-refractivity contribution in [3.63, 3.8) is 0 Å². The zero-order valence-corrected chi connectivity index (χ0v) is 14.6. The molecule has 1 aliphatic carbocycles. The maximum atomic E-state index is 12.3. The van der Waals surface area contributed by atoms with E-state index >= 15 is 0 Å². The molecule has 2 rings (SSSR count). The Bertz CT molecular complexity index is 411. The average molecular weight is 330 g/mol. The SMILES string of the molecule is COC(=O)[C@@H]1CO[C@H](C(=O)O[C@@H]2C[C@@H](C)CC[C@@H]2C(C)C)S1. The molecule has 22 heavy (non-hydrogen) atoms. The summed E-state index contributed by atoms with van der Waals surface area (Å²) in [5.74, 6) is 0.758. The Morgan fingerprint density at radius 3 is 2.59 bits per heavy atom. The van der Waals surface area contributed by atoms with E-state index in [1.165, 1.54) is 25.3 Å². The molecule has 0 aromatic carbocycles. The Labute approximate surface area is 136 Å². The van der Waals surface area contributed by atoms with Crippen LogP contribution in [0.3, 0.4) is 0 Å². The lowest BCUT2D eigenvalue weighted by molar-refractivity contribution is -0.163. The molecule has 1 aliphatic heterocycles. The van der Waals surface area contributed by atoms with Crippen molar-refractivity contribution in [2.75, 3.05) is 13.7 Å². The highest BCUT2D eigenvalue weighted by Crippen LogP contribution is 2.37. The first-order valence-electron chi connectivity index (χ1n) is 7.97. The summed E-state index contributed by atoms with van der Waals surface area (Å²) in [5, 5.41) is -0.436. The van der Waals surface area contributed by atoms with E-state index in [0.29, 0.717) is 17.8 Å². The van der Waals surface area contributed by atoms with E-state index in [9.17, 15) is 9.59 Å². The van der Waals surface area contributed by atoms with Crippen LogP contribution in [0.5, 0.6) is 0 Å². The summed E-state index contributed by atoms with van der Waals surface area (Å²) in [6.45, 7) is 6.75. The molecule has 0 aromatic rings. The van der Waals surface area contributed by atoms with E-state index in [4.69, 9.17) is 9.47 Å². The van der Waals surface area contributed by atoms with Crippen molar-refractivity contribution in [2.24, 2.45) is 17.8 Å². The molecule has 1 heterocycles. The van der Waals surface area contributed by atoms with E-state index in [1.54, 1.807) is 0 Å². The lowest BCUT2D eigenvalue weighted by Crippen LogP contribution is -2.37. The minimum Gasteiger partial charge on any atom is -0.468 e. The van der Waals surface area contributed by atoms with Gasteiger partial charge in [0.05, 0.1) is 13.7 Å². The summed E-state index contributed by atoms with van der Waals surface area (Å²) < 4.78 is 15.8. The van der Waals surface area contributed by atoms with Gasteiger partial charge in [-0.25, -0.2) is 4.79 Å². The van der Waals surface area contributed by atoms with Crippen molar-refractivity contribution >= 4 is 23.7 Å². The molecule has 6 heteroatoms. The minimum absolute atomic E-state index is 0.0439. The van der Waals surface area contributed by atoms with Gasteiger partial charge in [-0.05, 0) is 30.6 Å². The van der Waals surface area contributed by atoms with Gasteiger partial charge in [0.2, 0.25) is 5.44 Å². The molecule has 5 atom stereocenters. The molecule has 126 valence electrons. The molecule has 1 saturated carbocycles. The number of esters is 2. The van der Waals surface area contributed by atoms with Crippen LogP contribution in [-0.2, 0) is 23.8 Å². The first kappa shape index (κ1) is 17.6. The number of ether oxygens (including phenoxy) is 3. The molecule has 2 aliphatic rings. The lowest BCUT2D eigenvalue weighted by Gasteiger charge is -2.37. The molecular formula is C16H26O5S. The summed E-state index contributed by atoms with van der Waals surface area (Å²) in [6, 6.07) is 0. The van der Waals surface area contributed by atoms with Gasteiger partial charge in [-0.2, -0.15) is 0 Å². The Hall–Kier alpha value is -0.750. The fraction of sp³-hybridized carbons (Fsp3) is 0.875. The van der Waals surface area contributed by atoms with E-state index < -0.39 is 10.7 Å². The molecule has 0 spiro atoms. The van der Waals surface area contributed by atoms with Crippen LogP contribution in [0.25, 0.3) is 0 Å². The van der Waals surface area contributed by atoms with Gasteiger partial charge in [-0.1, -0.05) is 27.2 Å². The van der Waals surface area contributed by atoms with E-state index in [0.717, 1.165) is 12.8 Å². The molecule has 0 aromatic heterocycles. The fourth-order valence-electron chi connectivity index (χ4n) is 3.24. The van der Waals surface area contributed by atoms with Gasteiger partial charge in [0.15, 0.2) is 0 Å². The molecule has 0 amide bonds. The second-order valence-corrected chi connectivity index (χ2v) is 7.88. The Kier molecular flexibility index (Phi) is 6.15. The zero-order chi connectivity index (χ0) is 16.3. The van der Waals surface area contributed by atoms with Crippen LogP contribution in [0.15, 0.2) is 0 Å². The van der Waals surface area contributed by atoms with Gasteiger partial charge in [0, 0.05) is 0 Å². The van der Waals surface area contributed by atoms with Gasteiger partial charge in [-0.15, -0.1) is 11.8 Å². The third-order valence-electron chi connectivity index (χ3n) is 4.57. The van der Waals surface area contributed by atoms with E-state index in [2.05, 4.69) is 25.5 Å². The standard InChI is InChI=1S/C16H26O5S/c1-9(2)11-6-5-10(3)7-12(11)21-15(18)16-20-8-13(22-16)14(17)19-4/h9-13,16H,5-8H2,1-4H3/t10-,11+,12+,13-,16-/m0/s1. The van der Waals surface area contributed by atoms with Crippen LogP contribution >= 0.6 is 11.8 Å². The third kappa shape index (κ3) is 4.16. The smallest absolute Gasteiger partial charge is 0.346 e. The van der Waals surface area contributed by atoms with Crippen LogP contribution < -0.4 is 0 Å². The summed E-state index contributed by atoms with van der Waals surface area (Å²) in [7, 11) is 1.34. The van der Waals surface area contributed by atoms with Gasteiger partial charge in [0.25, 0.3) is 0 Å². The maximum absolute atomic E-state index is 12.3. The second-order valence-electron chi connectivity index (χ2n) is 6.61. The highest BCUT2D eigenvalue weighted by Gasteiger charge is 2.40. The van der Waals surface area contributed by atoms with Crippen LogP contribution in [-0.4, -0.2) is 42.4 Å². The molecule has 0 unspecified atom stereocenters. The quantitative estimate of drug-likeness (QED) is 0.739. The number of carbonyl (C=O) groups is 2. The second kappa shape index (κ2) is 7.68. The fourth-order valence-corrected chi connectivity index (χ4v) is 4.22. The topological polar surface area (TPSA) is 61.8 Å². The van der Waals surface area contributed by atoms with Crippen molar-refractivity contribution in [2.45, 2.75) is 56.8 Å². The number of carbonyl (C=O) groups excluding carboxylic acids is 2. The minimum atomic E-state index is -0.714. The molecule has 0 N–H and O–H groups in total. The van der Waals surface area contributed by atoms with Crippen molar-refractivity contribution in [1.29, 1.82) is 0 Å². The Balaban J connectivity index is 1.91. The Morgan fingerprint density at radius 1 is 1.23 bits per heavy atom. The van der Waals surface area contributed by atoms with Crippen molar-refractivity contribution in [1.82, 2.24) is 0 Å². The van der Waals surface area contributed by atoms with Gasteiger partial charge in [0.1, 0.15) is 11.4 Å². The van der Waals surface area contributed by atoms with E-state index in [-0.39, 0.29) is 24.6 Å². The first-order valence-corrected chi connectivity index (χ1v) is 8.92. The third-order valence-corrected chi connectivity index (χ3v) is 5.81. The summed E-state index contributed by atoms with van der Waals surface area (Å²) in [4.78, 5) is 23.8. The van der Waals surface area contributed by atoms with Crippen LogP contribution in [0.2, 0.25) is 0 Å². The van der Waals surface area contributed by atoms with Crippen LogP contribution in [0.4, 0.5) is 0 Å². The highest BCUT2D eigenvalue weighted by atomic mass is 32.2. The monoisotopic (exact) mass is 330 g/mol. The molecular weight excluding hydrogens is 304 g/mol. The number of hydrogen-bond acceptors (Lipinski definition) is 6. The molecule has 0 radical (unpaired) electrons. The number of rotatable bonds is 4. The number of hydrogen-bond donors (Lipinski definition) is 0. The highest BCUT2D eigenvalue weighted by molar-refractivity contribution is 8.02. The molecule has 1 saturated heterocycles. The summed E-state index contributed by atoms with van der Waals surface area (Å²) in [6.07, 6.45) is 3.15. The zero-order valence-electron chi connectivity index (χ0n) is 13.7. The van der Waals surface area contributed by atoms with Crippen LogP contribution in [0.1, 0.15) is 40.0 Å². The average Bonchev–Trinajstić information content (AvgIpc) is 2.96. The lowest BCUT2D eigenvalue weighted by atomic mass is 9.75. The molecule has 5 nitrogen and oxygen atoms in total. The normalized spacial score (nSPS) is 35.4. The predicted octanol–water partition coefficient (Wildman–Crippen LogP) is 2.62. The Morgan fingerprint density at radius 2 is 1.95 bits per heavy atom. The molecule has 0 bridgehead atoms. The van der Waals surface area contributed by atoms with Gasteiger partial charge < -0.3 is 14.2 Å². The van der Waals surface area contributed by atoms with Crippen molar-refractivity contribution in [3.05, 3.63) is 0 Å². The largest absolute Gasteiger partial charge is 0.468 e. The summed E-state index contributed by atoms with van der Waals surface area (Å²) in [5.41, 5.74) is -0.714.